The van der Waals surface area contributed by atoms with Crippen molar-refractivity contribution in [2.24, 2.45) is 0 Å². The number of esters is 1. The van der Waals surface area contributed by atoms with Crippen LogP contribution in [0.4, 0.5) is 5.00 Å². The number of aliphatic carboxylic acids is 1. The number of thiophene rings is 1. The van der Waals surface area contributed by atoms with Gasteiger partial charge in [0.15, 0.2) is 0 Å². The molecule has 0 unspecified atom stereocenters. The lowest BCUT2D eigenvalue weighted by Crippen LogP contribution is -2.15. The number of rotatable bonds is 8. The van der Waals surface area contributed by atoms with Gasteiger partial charge in [0.05, 0.1) is 13.0 Å². The molecule has 0 aliphatic heterocycles. The van der Waals surface area contributed by atoms with Crippen LogP contribution in [0.5, 0.6) is 0 Å². The van der Waals surface area contributed by atoms with Crippen LogP contribution < -0.4 is 5.32 Å². The van der Waals surface area contributed by atoms with Crippen molar-refractivity contribution in [1.82, 2.24) is 0 Å². The Kier molecular flexibility index (Phi) is 7.56. The number of nitrogens with one attached hydrogen (secondary N) is 1. The Labute approximate surface area is 174 Å². The summed E-state index contributed by atoms with van der Waals surface area (Å²) in [5.41, 5.74) is 3.03. The van der Waals surface area contributed by atoms with Crippen molar-refractivity contribution < 1.29 is 24.2 Å². The van der Waals surface area contributed by atoms with E-state index in [-0.39, 0.29) is 24.9 Å². The SMILES string of the molecule is CCCOC(=O)c1c(-c2ccc(C(C)(C)C)cc2)csc1NC(=O)CCC(=O)O. The standard InChI is InChI=1S/C22H27NO5S/c1-5-12-28-21(27)19-16(14-6-8-15(9-7-14)22(2,3)4)13-29-20(19)23-17(24)10-11-18(25)26/h6-9,13H,5,10-12H2,1-4H3,(H,23,24)(H,25,26). The number of anilines is 1. The molecule has 0 radical (unpaired) electrons. The predicted molar refractivity (Wildman–Crippen MR) is 115 cm³/mol. The lowest BCUT2D eigenvalue weighted by Gasteiger charge is -2.19. The second kappa shape index (κ2) is 9.69. The van der Waals surface area contributed by atoms with Crippen molar-refractivity contribution >= 4 is 34.2 Å². The molecule has 1 amide bonds. The van der Waals surface area contributed by atoms with Gasteiger partial charge < -0.3 is 15.2 Å². The third-order valence-electron chi connectivity index (χ3n) is 4.31. The first-order chi connectivity index (χ1) is 13.6. The number of carbonyl (C=O) groups excluding carboxylic acids is 2. The van der Waals surface area contributed by atoms with Gasteiger partial charge in [-0.3, -0.25) is 9.59 Å². The molecule has 0 atom stereocenters. The van der Waals surface area contributed by atoms with Crippen LogP contribution in [0.3, 0.4) is 0 Å². The number of hydrogen-bond donors (Lipinski definition) is 2. The summed E-state index contributed by atoms with van der Waals surface area (Å²) < 4.78 is 5.32. The van der Waals surface area contributed by atoms with Crippen LogP contribution in [0.25, 0.3) is 11.1 Å². The summed E-state index contributed by atoms with van der Waals surface area (Å²) >= 11 is 1.22. The average molecular weight is 418 g/mol. The van der Waals surface area contributed by atoms with Gasteiger partial charge in [-0.1, -0.05) is 52.0 Å². The van der Waals surface area contributed by atoms with Crippen molar-refractivity contribution in [3.63, 3.8) is 0 Å². The minimum atomic E-state index is -1.05. The van der Waals surface area contributed by atoms with E-state index >= 15 is 0 Å². The van der Waals surface area contributed by atoms with Crippen LogP contribution in [0.2, 0.25) is 0 Å². The number of amides is 1. The molecule has 156 valence electrons. The fourth-order valence-electron chi connectivity index (χ4n) is 2.69. The Morgan fingerprint density at radius 2 is 1.76 bits per heavy atom. The van der Waals surface area contributed by atoms with Gasteiger partial charge in [0.2, 0.25) is 5.91 Å². The van der Waals surface area contributed by atoms with Gasteiger partial charge in [-0.2, -0.15) is 0 Å². The second-order valence-corrected chi connectivity index (χ2v) is 8.64. The van der Waals surface area contributed by atoms with Crippen LogP contribution in [-0.2, 0) is 19.7 Å². The van der Waals surface area contributed by atoms with E-state index in [1.54, 1.807) is 5.38 Å². The van der Waals surface area contributed by atoms with Gasteiger partial charge in [0.25, 0.3) is 0 Å². The van der Waals surface area contributed by atoms with Crippen molar-refractivity contribution in [2.45, 2.75) is 52.4 Å². The van der Waals surface area contributed by atoms with E-state index in [4.69, 9.17) is 9.84 Å². The summed E-state index contributed by atoms with van der Waals surface area (Å²) in [5, 5.41) is 13.6. The Balaban J connectivity index is 2.36. The summed E-state index contributed by atoms with van der Waals surface area (Å²) in [5.74, 6) is -2.00. The highest BCUT2D eigenvalue weighted by Crippen LogP contribution is 2.37. The summed E-state index contributed by atoms with van der Waals surface area (Å²) in [6.07, 6.45) is 0.256. The molecule has 2 aromatic rings. The molecule has 0 aliphatic rings. The van der Waals surface area contributed by atoms with Crippen molar-refractivity contribution in [3.05, 3.63) is 40.8 Å². The molecular formula is C22H27NO5S. The smallest absolute Gasteiger partial charge is 0.341 e. The van der Waals surface area contributed by atoms with Gasteiger partial charge in [-0.15, -0.1) is 11.3 Å². The maximum atomic E-state index is 12.7. The van der Waals surface area contributed by atoms with E-state index < -0.39 is 17.8 Å². The molecule has 2 rings (SSSR count). The quantitative estimate of drug-likeness (QED) is 0.584. The highest BCUT2D eigenvalue weighted by Gasteiger charge is 2.23. The molecule has 1 heterocycles. The van der Waals surface area contributed by atoms with E-state index in [1.807, 2.05) is 31.2 Å². The maximum absolute atomic E-state index is 12.7. The molecule has 0 fully saturated rings. The number of carboxylic acids is 1. The highest BCUT2D eigenvalue weighted by molar-refractivity contribution is 7.15. The van der Waals surface area contributed by atoms with E-state index in [0.29, 0.717) is 22.5 Å². The lowest BCUT2D eigenvalue weighted by atomic mass is 9.86. The summed E-state index contributed by atoms with van der Waals surface area (Å²) in [6, 6.07) is 7.96. The normalized spacial score (nSPS) is 11.2. The first-order valence-electron chi connectivity index (χ1n) is 9.54. The zero-order valence-electron chi connectivity index (χ0n) is 17.2. The van der Waals surface area contributed by atoms with Crippen molar-refractivity contribution in [3.8, 4) is 11.1 Å². The maximum Gasteiger partial charge on any atom is 0.341 e. The van der Waals surface area contributed by atoms with E-state index in [0.717, 1.165) is 5.56 Å². The summed E-state index contributed by atoms with van der Waals surface area (Å²) in [7, 11) is 0. The Hall–Kier alpha value is -2.67. The minimum absolute atomic E-state index is 0.0132. The first-order valence-corrected chi connectivity index (χ1v) is 10.4. The Morgan fingerprint density at radius 3 is 2.31 bits per heavy atom. The van der Waals surface area contributed by atoms with Gasteiger partial charge in [-0.05, 0) is 23.0 Å². The van der Waals surface area contributed by atoms with Crippen LogP contribution in [0.1, 0.15) is 62.9 Å². The fourth-order valence-corrected chi connectivity index (χ4v) is 3.66. The largest absolute Gasteiger partial charge is 0.481 e. The highest BCUT2D eigenvalue weighted by atomic mass is 32.1. The number of carboxylic acid groups (broad SMARTS) is 1. The zero-order valence-corrected chi connectivity index (χ0v) is 18.0. The van der Waals surface area contributed by atoms with Crippen LogP contribution in [0.15, 0.2) is 29.6 Å². The van der Waals surface area contributed by atoms with Crippen LogP contribution in [0, 0.1) is 0 Å². The molecule has 1 aromatic carbocycles. The zero-order chi connectivity index (χ0) is 21.6. The number of hydrogen-bond acceptors (Lipinski definition) is 5. The van der Waals surface area contributed by atoms with Gasteiger partial charge in [0.1, 0.15) is 10.6 Å². The number of benzene rings is 1. The first kappa shape index (κ1) is 22.6. The van der Waals surface area contributed by atoms with Gasteiger partial charge in [0, 0.05) is 17.4 Å². The molecule has 0 spiro atoms. The van der Waals surface area contributed by atoms with Gasteiger partial charge >= 0.3 is 11.9 Å². The number of ether oxygens (including phenoxy) is 1. The third kappa shape index (κ3) is 6.15. The predicted octanol–water partition coefficient (Wildman–Crippen LogP) is 5.08. The number of carbonyl (C=O) groups is 3. The molecule has 0 saturated carbocycles. The van der Waals surface area contributed by atoms with E-state index in [1.165, 1.54) is 16.9 Å². The monoisotopic (exact) mass is 417 g/mol. The summed E-state index contributed by atoms with van der Waals surface area (Å²) in [6.45, 7) is 8.58. The third-order valence-corrected chi connectivity index (χ3v) is 5.21. The second-order valence-electron chi connectivity index (χ2n) is 7.76. The Morgan fingerprint density at radius 1 is 1.10 bits per heavy atom. The molecule has 7 heteroatoms. The van der Waals surface area contributed by atoms with E-state index in [9.17, 15) is 14.4 Å². The lowest BCUT2D eigenvalue weighted by molar-refractivity contribution is -0.138. The van der Waals surface area contributed by atoms with Crippen molar-refractivity contribution in [1.29, 1.82) is 0 Å². The molecule has 0 aliphatic carbocycles. The molecule has 2 N–H and O–H groups in total. The van der Waals surface area contributed by atoms with Crippen LogP contribution >= 0.6 is 11.3 Å². The minimum Gasteiger partial charge on any atom is -0.481 e. The average Bonchev–Trinajstić information content (AvgIpc) is 3.07. The molecular weight excluding hydrogens is 390 g/mol. The molecule has 1 aromatic heterocycles. The summed E-state index contributed by atoms with van der Waals surface area (Å²) in [4.78, 5) is 35.5. The Bertz CT molecular complexity index is 878. The molecule has 0 bridgehead atoms. The molecule has 6 nitrogen and oxygen atoms in total. The molecule has 0 saturated heterocycles. The fraction of sp³-hybridized carbons (Fsp3) is 0.409. The molecule has 29 heavy (non-hydrogen) atoms. The topological polar surface area (TPSA) is 92.7 Å². The van der Waals surface area contributed by atoms with Crippen molar-refractivity contribution in [2.75, 3.05) is 11.9 Å². The van der Waals surface area contributed by atoms with Crippen LogP contribution in [-0.4, -0.2) is 29.6 Å². The van der Waals surface area contributed by atoms with Gasteiger partial charge in [-0.25, -0.2) is 4.79 Å². The van der Waals surface area contributed by atoms with E-state index in [2.05, 4.69) is 26.1 Å².